The van der Waals surface area contributed by atoms with Crippen molar-refractivity contribution in [3.63, 3.8) is 0 Å². The third-order valence-electron chi connectivity index (χ3n) is 4.22. The molecule has 0 saturated heterocycles. The van der Waals surface area contributed by atoms with E-state index in [9.17, 15) is 4.79 Å². The minimum Gasteiger partial charge on any atom is -0.477 e. The number of hydrogen-bond acceptors (Lipinski definition) is 3. The summed E-state index contributed by atoms with van der Waals surface area (Å²) >= 11 is 0. The second-order valence-electron chi connectivity index (χ2n) is 6.47. The van der Waals surface area contributed by atoms with Gasteiger partial charge in [-0.2, -0.15) is 0 Å². The first-order valence-corrected chi connectivity index (χ1v) is 9.19. The number of aliphatic hydroxyl groups is 2. The zero-order chi connectivity index (χ0) is 16.7. The molecule has 0 spiro atoms. The summed E-state index contributed by atoms with van der Waals surface area (Å²) in [6, 6.07) is 0. The Hall–Kier alpha value is 0.650. The molecule has 0 rings (SSSR count). The number of aliphatic carboxylic acids is 1. The quantitative estimate of drug-likeness (QED) is 0.219. The van der Waals surface area contributed by atoms with Gasteiger partial charge in [-0.05, 0) is 6.42 Å². The number of unbranched alkanes of at least 4 members (excludes halogenated alkanes) is 13. The predicted molar refractivity (Wildman–Crippen MR) is 95.5 cm³/mol. The molecule has 0 aromatic heterocycles. The first-order chi connectivity index (χ1) is 10.5. The molecular formula is C18H36CaO4. The van der Waals surface area contributed by atoms with Crippen molar-refractivity contribution in [2.75, 3.05) is 0 Å². The van der Waals surface area contributed by atoms with E-state index in [-0.39, 0.29) is 44.2 Å². The summed E-state index contributed by atoms with van der Waals surface area (Å²) in [5, 5.41) is 26.8. The standard InChI is InChI=1S/C18H36O4.Ca/c1-2-3-4-5-6-7-8-9-10-11-12-13-14-15-16-18(21,22)17(19)20;/h21-22H,2-16H2,1H3,(H,19,20);. The first kappa shape index (κ1) is 25.9. The van der Waals surface area contributed by atoms with Crippen LogP contribution < -0.4 is 0 Å². The minimum absolute atomic E-state index is 0. The molecule has 0 heterocycles. The van der Waals surface area contributed by atoms with E-state index in [4.69, 9.17) is 15.3 Å². The fourth-order valence-electron chi connectivity index (χ4n) is 2.67. The molecule has 0 fully saturated rings. The molecule has 23 heavy (non-hydrogen) atoms. The Morgan fingerprint density at radius 3 is 1.30 bits per heavy atom. The largest absolute Gasteiger partial charge is 0.477 e. The average molecular weight is 357 g/mol. The summed E-state index contributed by atoms with van der Waals surface area (Å²) in [6.07, 6.45) is 17.0. The predicted octanol–water partition coefficient (Wildman–Crippen LogP) is 4.24. The van der Waals surface area contributed by atoms with E-state index >= 15 is 0 Å². The summed E-state index contributed by atoms with van der Waals surface area (Å²) in [4.78, 5) is 10.5. The number of hydrogen-bond donors (Lipinski definition) is 3. The summed E-state index contributed by atoms with van der Waals surface area (Å²) in [5.74, 6) is -4.10. The van der Waals surface area contributed by atoms with E-state index in [1.807, 2.05) is 0 Å². The van der Waals surface area contributed by atoms with Gasteiger partial charge in [-0.15, -0.1) is 0 Å². The van der Waals surface area contributed by atoms with Crippen molar-refractivity contribution >= 4 is 43.7 Å². The molecule has 0 aliphatic carbocycles. The normalized spacial score (nSPS) is 11.3. The van der Waals surface area contributed by atoms with Crippen molar-refractivity contribution in [2.24, 2.45) is 0 Å². The fourth-order valence-corrected chi connectivity index (χ4v) is 2.67. The van der Waals surface area contributed by atoms with Gasteiger partial charge >= 0.3 is 5.97 Å². The van der Waals surface area contributed by atoms with Gasteiger partial charge in [0.05, 0.1) is 0 Å². The monoisotopic (exact) mass is 356 g/mol. The maximum Gasteiger partial charge on any atom is 0.364 e. The van der Waals surface area contributed by atoms with E-state index in [1.54, 1.807) is 0 Å². The van der Waals surface area contributed by atoms with Crippen LogP contribution in [0, 0.1) is 0 Å². The van der Waals surface area contributed by atoms with Crippen LogP contribution >= 0.6 is 0 Å². The van der Waals surface area contributed by atoms with Crippen LogP contribution in [-0.2, 0) is 4.79 Å². The molecule has 3 N–H and O–H groups in total. The molecule has 2 radical (unpaired) electrons. The van der Waals surface area contributed by atoms with E-state index in [1.165, 1.54) is 64.2 Å². The maximum absolute atomic E-state index is 10.5. The third-order valence-corrected chi connectivity index (χ3v) is 4.22. The number of rotatable bonds is 16. The van der Waals surface area contributed by atoms with Gasteiger partial charge in [0, 0.05) is 44.2 Å². The molecule has 0 aromatic carbocycles. The molecule has 4 nitrogen and oxygen atoms in total. The maximum atomic E-state index is 10.5. The summed E-state index contributed by atoms with van der Waals surface area (Å²) in [6.45, 7) is 2.25. The van der Waals surface area contributed by atoms with Gasteiger partial charge in [0.15, 0.2) is 0 Å². The van der Waals surface area contributed by atoms with Crippen molar-refractivity contribution in [1.29, 1.82) is 0 Å². The van der Waals surface area contributed by atoms with Crippen LogP contribution in [0.4, 0.5) is 0 Å². The second-order valence-corrected chi connectivity index (χ2v) is 6.47. The van der Waals surface area contributed by atoms with Gasteiger partial charge in [-0.25, -0.2) is 4.79 Å². The topological polar surface area (TPSA) is 77.8 Å². The Bertz CT molecular complexity index is 270. The van der Waals surface area contributed by atoms with Crippen LogP contribution in [0.3, 0.4) is 0 Å². The van der Waals surface area contributed by atoms with Gasteiger partial charge in [0.1, 0.15) is 0 Å². The van der Waals surface area contributed by atoms with Crippen molar-refractivity contribution in [1.82, 2.24) is 0 Å². The molecule has 0 aromatic rings. The van der Waals surface area contributed by atoms with Gasteiger partial charge in [0.25, 0.3) is 5.79 Å². The van der Waals surface area contributed by atoms with Crippen molar-refractivity contribution in [3.8, 4) is 0 Å². The Morgan fingerprint density at radius 1 is 0.696 bits per heavy atom. The smallest absolute Gasteiger partial charge is 0.364 e. The van der Waals surface area contributed by atoms with Crippen LogP contribution in [0.15, 0.2) is 0 Å². The van der Waals surface area contributed by atoms with Crippen LogP contribution in [0.5, 0.6) is 0 Å². The summed E-state index contributed by atoms with van der Waals surface area (Å²) in [7, 11) is 0. The van der Waals surface area contributed by atoms with Crippen LogP contribution in [0.1, 0.15) is 103 Å². The van der Waals surface area contributed by atoms with Crippen molar-refractivity contribution in [2.45, 2.75) is 109 Å². The Kier molecular flexibility index (Phi) is 19.7. The van der Waals surface area contributed by atoms with Crippen molar-refractivity contribution < 1.29 is 20.1 Å². The van der Waals surface area contributed by atoms with Gasteiger partial charge < -0.3 is 15.3 Å². The zero-order valence-corrected chi connectivity index (χ0v) is 17.3. The van der Waals surface area contributed by atoms with E-state index in [0.29, 0.717) is 6.42 Å². The Labute approximate surface area is 172 Å². The summed E-state index contributed by atoms with van der Waals surface area (Å²) < 4.78 is 0. The molecule has 0 aliphatic heterocycles. The molecule has 0 aliphatic rings. The molecule has 134 valence electrons. The van der Waals surface area contributed by atoms with Crippen molar-refractivity contribution in [3.05, 3.63) is 0 Å². The van der Waals surface area contributed by atoms with Crippen LogP contribution in [0.25, 0.3) is 0 Å². The minimum atomic E-state index is -2.54. The zero-order valence-electron chi connectivity index (χ0n) is 15.1. The molecule has 0 unspecified atom stereocenters. The third kappa shape index (κ3) is 17.3. The first-order valence-electron chi connectivity index (χ1n) is 9.19. The number of carboxylic acids is 1. The average Bonchev–Trinajstić information content (AvgIpc) is 2.47. The van der Waals surface area contributed by atoms with Crippen LogP contribution in [-0.4, -0.2) is 64.8 Å². The fraction of sp³-hybridized carbons (Fsp3) is 0.944. The summed E-state index contributed by atoms with van der Waals surface area (Å²) in [5.41, 5.74) is 0. The molecule has 0 saturated carbocycles. The Balaban J connectivity index is 0. The molecular weight excluding hydrogens is 320 g/mol. The Morgan fingerprint density at radius 2 is 1.00 bits per heavy atom. The van der Waals surface area contributed by atoms with Gasteiger partial charge in [-0.1, -0.05) is 90.4 Å². The number of carboxylic acid groups (broad SMARTS) is 1. The van der Waals surface area contributed by atoms with E-state index < -0.39 is 11.8 Å². The molecule has 5 heteroatoms. The molecule has 0 bridgehead atoms. The van der Waals surface area contributed by atoms with E-state index in [0.717, 1.165) is 19.3 Å². The van der Waals surface area contributed by atoms with Gasteiger partial charge in [0.2, 0.25) is 0 Å². The van der Waals surface area contributed by atoms with Crippen LogP contribution in [0.2, 0.25) is 0 Å². The van der Waals surface area contributed by atoms with Gasteiger partial charge in [-0.3, -0.25) is 0 Å². The molecule has 0 atom stereocenters. The second kappa shape index (κ2) is 17.5. The van der Waals surface area contributed by atoms with E-state index in [2.05, 4.69) is 6.92 Å². The SMILES string of the molecule is CCCCCCCCCCCCCCCCC(O)(O)C(=O)O.[Ca]. The number of carbonyl (C=O) groups is 1. The molecule has 0 amide bonds.